The summed E-state index contributed by atoms with van der Waals surface area (Å²) in [6.07, 6.45) is 2.13. The average Bonchev–Trinajstić information content (AvgIpc) is 2.85. The van der Waals surface area contributed by atoms with Crippen LogP contribution < -0.4 is 5.73 Å². The van der Waals surface area contributed by atoms with Crippen molar-refractivity contribution in [1.82, 2.24) is 14.8 Å². The monoisotopic (exact) mass is 258 g/mol. The van der Waals surface area contributed by atoms with Gasteiger partial charge in [0.05, 0.1) is 0 Å². The van der Waals surface area contributed by atoms with Crippen molar-refractivity contribution in [3.63, 3.8) is 0 Å². The van der Waals surface area contributed by atoms with Crippen LogP contribution in [0.15, 0.2) is 18.2 Å². The number of nitrogens with two attached hydrogens (primary N) is 1. The zero-order chi connectivity index (χ0) is 13.4. The predicted octanol–water partition coefficient (Wildman–Crippen LogP) is 2.32. The molecule has 1 aromatic carbocycles. The molecular weight excluding hydrogens is 240 g/mol. The van der Waals surface area contributed by atoms with Gasteiger partial charge in [0.1, 0.15) is 6.10 Å². The fourth-order valence-corrected chi connectivity index (χ4v) is 2.44. The van der Waals surface area contributed by atoms with Gasteiger partial charge in [0.15, 0.2) is 11.6 Å². The third kappa shape index (κ3) is 2.10. The van der Waals surface area contributed by atoms with E-state index in [1.807, 2.05) is 29.8 Å². The van der Waals surface area contributed by atoms with E-state index in [-0.39, 0.29) is 6.10 Å². The lowest BCUT2D eigenvalue weighted by molar-refractivity contribution is 0.0697. The number of rotatable bonds is 2. The molecule has 0 bridgehead atoms. The van der Waals surface area contributed by atoms with Gasteiger partial charge in [0.2, 0.25) is 0 Å². The third-order valence-corrected chi connectivity index (χ3v) is 3.65. The number of benzene rings is 1. The highest BCUT2D eigenvalue weighted by molar-refractivity contribution is 5.63. The molecule has 100 valence electrons. The third-order valence-electron chi connectivity index (χ3n) is 3.65. The summed E-state index contributed by atoms with van der Waals surface area (Å²) in [6.45, 7) is 2.90. The van der Waals surface area contributed by atoms with Crippen LogP contribution in [0.4, 0.5) is 5.69 Å². The Kier molecular flexibility index (Phi) is 2.98. The van der Waals surface area contributed by atoms with Gasteiger partial charge in [0.25, 0.3) is 0 Å². The van der Waals surface area contributed by atoms with E-state index in [9.17, 15) is 0 Å². The molecule has 19 heavy (non-hydrogen) atoms. The number of fused-ring (bicyclic) bond motifs is 1. The van der Waals surface area contributed by atoms with Crippen LogP contribution in [0.2, 0.25) is 0 Å². The minimum absolute atomic E-state index is 0.0535. The van der Waals surface area contributed by atoms with Crippen LogP contribution in [0, 0.1) is 6.92 Å². The number of ether oxygens (including phenoxy) is 1. The highest BCUT2D eigenvalue weighted by Gasteiger charge is 2.24. The van der Waals surface area contributed by atoms with Crippen LogP contribution in [0.5, 0.6) is 0 Å². The van der Waals surface area contributed by atoms with Crippen LogP contribution in [-0.2, 0) is 11.3 Å². The first-order chi connectivity index (χ1) is 9.19. The van der Waals surface area contributed by atoms with E-state index in [0.29, 0.717) is 0 Å². The van der Waals surface area contributed by atoms with E-state index >= 15 is 0 Å². The Morgan fingerprint density at radius 1 is 1.42 bits per heavy atom. The van der Waals surface area contributed by atoms with E-state index < -0.39 is 0 Å². The number of hydrogen-bond donors (Lipinski definition) is 1. The number of nitrogens with zero attached hydrogens (tertiary/aromatic N) is 3. The first-order valence-electron chi connectivity index (χ1n) is 6.53. The van der Waals surface area contributed by atoms with Gasteiger partial charge in [0, 0.05) is 24.9 Å². The first-order valence-corrected chi connectivity index (χ1v) is 6.53. The second-order valence-electron chi connectivity index (χ2n) is 4.95. The number of aryl methyl sites for hydroxylation is 2. The summed E-state index contributed by atoms with van der Waals surface area (Å²) in [7, 11) is 1.72. The highest BCUT2D eigenvalue weighted by atomic mass is 16.5. The second kappa shape index (κ2) is 4.66. The van der Waals surface area contributed by atoms with Gasteiger partial charge in [-0.25, -0.2) is 9.67 Å². The molecule has 3 rings (SSSR count). The fourth-order valence-electron chi connectivity index (χ4n) is 2.44. The van der Waals surface area contributed by atoms with Gasteiger partial charge in [-0.3, -0.25) is 0 Å². The molecule has 1 unspecified atom stereocenters. The van der Waals surface area contributed by atoms with E-state index in [1.165, 1.54) is 0 Å². The SMILES string of the molecule is COC1CCCn2nc(-c3ccc(C)c(N)c3)nc21. The molecule has 0 radical (unpaired) electrons. The van der Waals surface area contributed by atoms with Gasteiger partial charge in [-0.15, -0.1) is 0 Å². The summed E-state index contributed by atoms with van der Waals surface area (Å²) in [4.78, 5) is 4.62. The van der Waals surface area contributed by atoms with Crippen LogP contribution in [0.3, 0.4) is 0 Å². The summed E-state index contributed by atoms with van der Waals surface area (Å²) in [5, 5.41) is 4.56. The Morgan fingerprint density at radius 2 is 2.26 bits per heavy atom. The summed E-state index contributed by atoms with van der Waals surface area (Å²) in [5.41, 5.74) is 8.75. The number of hydrogen-bond acceptors (Lipinski definition) is 4. The van der Waals surface area contributed by atoms with Gasteiger partial charge in [-0.05, 0) is 31.4 Å². The van der Waals surface area contributed by atoms with E-state index in [0.717, 1.165) is 47.8 Å². The smallest absolute Gasteiger partial charge is 0.181 e. The van der Waals surface area contributed by atoms with Crippen molar-refractivity contribution in [1.29, 1.82) is 0 Å². The normalized spacial score (nSPS) is 18.3. The lowest BCUT2D eigenvalue weighted by Gasteiger charge is -2.20. The maximum absolute atomic E-state index is 5.95. The minimum Gasteiger partial charge on any atom is -0.398 e. The number of nitrogen functional groups attached to an aromatic ring is 1. The second-order valence-corrected chi connectivity index (χ2v) is 4.95. The lowest BCUT2D eigenvalue weighted by atomic mass is 10.1. The zero-order valence-electron chi connectivity index (χ0n) is 11.3. The molecule has 0 saturated carbocycles. The summed E-state index contributed by atoms with van der Waals surface area (Å²) in [5.74, 6) is 1.65. The van der Waals surface area contributed by atoms with Crippen LogP contribution >= 0.6 is 0 Å². The summed E-state index contributed by atoms with van der Waals surface area (Å²) in [6, 6.07) is 5.94. The van der Waals surface area contributed by atoms with Gasteiger partial charge in [-0.2, -0.15) is 5.10 Å². The first kappa shape index (κ1) is 12.2. The molecule has 2 aromatic rings. The molecule has 0 saturated heterocycles. The number of aromatic nitrogens is 3. The van der Waals surface area contributed by atoms with Crippen molar-refractivity contribution in [3.8, 4) is 11.4 Å². The lowest BCUT2D eigenvalue weighted by Crippen LogP contribution is -2.18. The van der Waals surface area contributed by atoms with Crippen molar-refractivity contribution in [2.24, 2.45) is 0 Å². The standard InChI is InChI=1S/C14H18N4O/c1-9-5-6-10(8-11(9)15)13-16-14-12(19-2)4-3-7-18(14)17-13/h5-6,8,12H,3-4,7,15H2,1-2H3. The average molecular weight is 258 g/mol. The molecule has 1 aliphatic rings. The zero-order valence-corrected chi connectivity index (χ0v) is 11.3. The van der Waals surface area contributed by atoms with Crippen LogP contribution in [-0.4, -0.2) is 21.9 Å². The predicted molar refractivity (Wildman–Crippen MR) is 73.6 cm³/mol. The molecule has 0 spiro atoms. The van der Waals surface area contributed by atoms with Crippen molar-refractivity contribution in [2.45, 2.75) is 32.4 Å². The molecule has 0 fully saturated rings. The van der Waals surface area contributed by atoms with Crippen molar-refractivity contribution >= 4 is 5.69 Å². The Labute approximate surface area is 112 Å². The van der Waals surface area contributed by atoms with Crippen LogP contribution in [0.1, 0.15) is 30.3 Å². The van der Waals surface area contributed by atoms with Gasteiger partial charge in [-0.1, -0.05) is 12.1 Å². The Hall–Kier alpha value is -1.88. The highest BCUT2D eigenvalue weighted by Crippen LogP contribution is 2.29. The van der Waals surface area contributed by atoms with Crippen molar-refractivity contribution in [2.75, 3.05) is 12.8 Å². The maximum Gasteiger partial charge on any atom is 0.181 e. The molecule has 5 nitrogen and oxygen atoms in total. The Morgan fingerprint density at radius 3 is 3.00 bits per heavy atom. The number of anilines is 1. The molecule has 5 heteroatoms. The topological polar surface area (TPSA) is 66.0 Å². The Bertz CT molecular complexity index is 605. The fraction of sp³-hybridized carbons (Fsp3) is 0.429. The number of methoxy groups -OCH3 is 1. The van der Waals surface area contributed by atoms with Gasteiger partial charge >= 0.3 is 0 Å². The molecule has 0 amide bonds. The molecule has 2 heterocycles. The van der Waals surface area contributed by atoms with Crippen molar-refractivity contribution in [3.05, 3.63) is 29.6 Å². The molecule has 1 atom stereocenters. The molecule has 1 aliphatic heterocycles. The van der Waals surface area contributed by atoms with E-state index in [1.54, 1.807) is 7.11 Å². The van der Waals surface area contributed by atoms with Gasteiger partial charge < -0.3 is 10.5 Å². The molecular formula is C14H18N4O. The molecule has 0 aliphatic carbocycles. The largest absolute Gasteiger partial charge is 0.398 e. The maximum atomic E-state index is 5.95. The quantitative estimate of drug-likeness (QED) is 0.839. The molecule has 1 aromatic heterocycles. The van der Waals surface area contributed by atoms with E-state index in [2.05, 4.69) is 10.1 Å². The van der Waals surface area contributed by atoms with Crippen molar-refractivity contribution < 1.29 is 4.74 Å². The minimum atomic E-state index is 0.0535. The Balaban J connectivity index is 2.02. The summed E-state index contributed by atoms with van der Waals surface area (Å²) < 4.78 is 7.41. The van der Waals surface area contributed by atoms with Crippen LogP contribution in [0.25, 0.3) is 11.4 Å². The summed E-state index contributed by atoms with van der Waals surface area (Å²) >= 11 is 0. The van der Waals surface area contributed by atoms with E-state index in [4.69, 9.17) is 10.5 Å². The molecule has 2 N–H and O–H groups in total.